The lowest BCUT2D eigenvalue weighted by Gasteiger charge is -2.26. The van der Waals surface area contributed by atoms with Crippen molar-refractivity contribution < 1.29 is 13.6 Å². The predicted octanol–water partition coefficient (Wildman–Crippen LogP) is 4.89. The van der Waals surface area contributed by atoms with E-state index in [1.807, 2.05) is 30.3 Å². The van der Waals surface area contributed by atoms with E-state index in [1.165, 1.54) is 0 Å². The van der Waals surface area contributed by atoms with Crippen molar-refractivity contribution in [2.24, 2.45) is 5.73 Å². The van der Waals surface area contributed by atoms with E-state index in [1.54, 1.807) is 22.7 Å². The van der Waals surface area contributed by atoms with Crippen molar-refractivity contribution in [2.75, 3.05) is 5.32 Å². The van der Waals surface area contributed by atoms with Crippen molar-refractivity contribution in [3.63, 3.8) is 0 Å². The first-order valence-electron chi connectivity index (χ1n) is 11.8. The lowest BCUT2D eigenvalue weighted by Crippen LogP contribution is -2.40. The summed E-state index contributed by atoms with van der Waals surface area (Å²) in [5.74, 6) is -0.805. The number of fused-ring (bicyclic) bond motifs is 1. The number of nitrogens with two attached hydrogens (primary N) is 1. The van der Waals surface area contributed by atoms with Crippen molar-refractivity contribution >= 4 is 17.4 Å². The maximum Gasteiger partial charge on any atom is 0.251 e. The molecule has 8 heteroatoms. The van der Waals surface area contributed by atoms with Crippen LogP contribution in [0.25, 0.3) is 16.9 Å². The van der Waals surface area contributed by atoms with Crippen LogP contribution in [0.4, 0.5) is 14.6 Å². The maximum absolute atomic E-state index is 14.7. The van der Waals surface area contributed by atoms with Crippen LogP contribution in [0, 0.1) is 11.6 Å². The number of benzene rings is 2. The predicted molar refractivity (Wildman–Crippen MR) is 132 cm³/mol. The fourth-order valence-electron chi connectivity index (χ4n) is 4.54. The number of carbonyl (C=O) groups excluding carboxylic acids is 1. The molecule has 1 fully saturated rings. The van der Waals surface area contributed by atoms with E-state index in [0.29, 0.717) is 23.6 Å². The second-order valence-corrected chi connectivity index (χ2v) is 9.00. The third-order valence-electron chi connectivity index (χ3n) is 6.48. The zero-order valence-corrected chi connectivity index (χ0v) is 19.2. The molecule has 4 aromatic rings. The number of nitrogens with one attached hydrogen (secondary N) is 2. The number of anilines is 1. The molecular formula is C27H27F2N5O. The van der Waals surface area contributed by atoms with Crippen LogP contribution in [0.3, 0.4) is 0 Å². The summed E-state index contributed by atoms with van der Waals surface area (Å²) >= 11 is 0. The summed E-state index contributed by atoms with van der Waals surface area (Å²) in [4.78, 5) is 17.5. The molecule has 1 saturated carbocycles. The van der Waals surface area contributed by atoms with Gasteiger partial charge in [0, 0.05) is 36.0 Å². The van der Waals surface area contributed by atoms with Crippen molar-refractivity contribution in [3.8, 4) is 11.3 Å². The molecule has 2 aromatic heterocycles. The van der Waals surface area contributed by atoms with Crippen molar-refractivity contribution in [2.45, 2.75) is 44.3 Å². The average Bonchev–Trinajstić information content (AvgIpc) is 3.23. The Morgan fingerprint density at radius 3 is 2.57 bits per heavy atom. The van der Waals surface area contributed by atoms with Gasteiger partial charge < -0.3 is 16.4 Å². The standard InChI is InChI=1S/C27H27F2N5O/c28-19-6-11-23(29)22(15-19)25-26(31-16-17-4-2-1-3-5-17)34-13-12-18(14-24(34)33-25)27(35)32-21-9-7-20(30)8-10-21/h1-6,11-15,20-21,31H,7-10,16,30H2,(H,32,35). The molecule has 0 aliphatic heterocycles. The topological polar surface area (TPSA) is 84.5 Å². The molecule has 0 spiro atoms. The van der Waals surface area contributed by atoms with Crippen molar-refractivity contribution in [3.05, 3.63) is 89.6 Å². The van der Waals surface area contributed by atoms with Gasteiger partial charge in [0.2, 0.25) is 0 Å². The van der Waals surface area contributed by atoms with E-state index in [-0.39, 0.29) is 29.2 Å². The fraction of sp³-hybridized carbons (Fsp3) is 0.259. The largest absolute Gasteiger partial charge is 0.365 e. The minimum atomic E-state index is -0.578. The van der Waals surface area contributed by atoms with Gasteiger partial charge in [0.25, 0.3) is 5.91 Å². The Morgan fingerprint density at radius 1 is 1.03 bits per heavy atom. The normalized spacial score (nSPS) is 17.9. The molecule has 5 rings (SSSR count). The van der Waals surface area contributed by atoms with Gasteiger partial charge in [-0.05, 0) is 61.6 Å². The van der Waals surface area contributed by atoms with Gasteiger partial charge in [0.15, 0.2) is 0 Å². The molecule has 0 saturated heterocycles. The average molecular weight is 476 g/mol. The molecule has 0 unspecified atom stereocenters. The van der Waals surface area contributed by atoms with E-state index in [0.717, 1.165) is 49.4 Å². The number of rotatable bonds is 6. The highest BCUT2D eigenvalue weighted by Gasteiger charge is 2.22. The smallest absolute Gasteiger partial charge is 0.251 e. The number of amides is 1. The third kappa shape index (κ3) is 5.02. The molecular weight excluding hydrogens is 448 g/mol. The van der Waals surface area contributed by atoms with E-state index in [4.69, 9.17) is 5.73 Å². The van der Waals surface area contributed by atoms with Crippen LogP contribution in [-0.4, -0.2) is 27.4 Å². The molecule has 180 valence electrons. The van der Waals surface area contributed by atoms with E-state index >= 15 is 0 Å². The second-order valence-electron chi connectivity index (χ2n) is 9.00. The lowest BCUT2D eigenvalue weighted by molar-refractivity contribution is 0.0926. The molecule has 1 amide bonds. The molecule has 0 bridgehead atoms. The highest BCUT2D eigenvalue weighted by atomic mass is 19.1. The van der Waals surface area contributed by atoms with Crippen molar-refractivity contribution in [1.29, 1.82) is 0 Å². The molecule has 6 nitrogen and oxygen atoms in total. The molecule has 4 N–H and O–H groups in total. The SMILES string of the molecule is NC1CCC(NC(=O)c2ccn3c(NCc4ccccc4)c(-c4cc(F)ccc4F)nc3c2)CC1. The Hall–Kier alpha value is -3.78. The first kappa shape index (κ1) is 23.0. The summed E-state index contributed by atoms with van der Waals surface area (Å²) in [6, 6.07) is 16.7. The number of hydrogen-bond acceptors (Lipinski definition) is 4. The Bertz CT molecular complexity index is 1350. The Morgan fingerprint density at radius 2 is 1.80 bits per heavy atom. The molecule has 35 heavy (non-hydrogen) atoms. The van der Waals surface area contributed by atoms with Gasteiger partial charge in [0.1, 0.15) is 28.8 Å². The van der Waals surface area contributed by atoms with Crippen LogP contribution >= 0.6 is 0 Å². The number of aromatic nitrogens is 2. The maximum atomic E-state index is 14.7. The lowest BCUT2D eigenvalue weighted by atomic mass is 9.91. The minimum absolute atomic E-state index is 0.0498. The highest BCUT2D eigenvalue weighted by molar-refractivity contribution is 5.95. The quantitative estimate of drug-likeness (QED) is 0.371. The summed E-state index contributed by atoms with van der Waals surface area (Å²) in [6.45, 7) is 0.463. The summed E-state index contributed by atoms with van der Waals surface area (Å²) in [5.41, 5.74) is 8.23. The van der Waals surface area contributed by atoms with Crippen LogP contribution in [-0.2, 0) is 6.54 Å². The van der Waals surface area contributed by atoms with Crippen LogP contribution in [0.2, 0.25) is 0 Å². The molecule has 1 aliphatic rings. The summed E-state index contributed by atoms with van der Waals surface area (Å²) in [5, 5.41) is 6.40. The van der Waals surface area contributed by atoms with Crippen LogP contribution in [0.15, 0.2) is 66.9 Å². The number of nitrogens with zero attached hydrogens (tertiary/aromatic N) is 2. The molecule has 1 aliphatic carbocycles. The molecule has 0 radical (unpaired) electrons. The Labute approximate surface area is 202 Å². The van der Waals surface area contributed by atoms with Crippen molar-refractivity contribution in [1.82, 2.24) is 14.7 Å². The Kier molecular flexibility index (Phi) is 6.46. The van der Waals surface area contributed by atoms with Crippen LogP contribution in [0.1, 0.15) is 41.6 Å². The first-order chi connectivity index (χ1) is 17.0. The monoisotopic (exact) mass is 475 g/mol. The number of imidazole rings is 1. The van der Waals surface area contributed by atoms with Gasteiger partial charge in [0.05, 0.1) is 0 Å². The number of pyridine rings is 1. The Balaban J connectivity index is 1.49. The minimum Gasteiger partial charge on any atom is -0.365 e. The van der Waals surface area contributed by atoms with Gasteiger partial charge >= 0.3 is 0 Å². The fourth-order valence-corrected chi connectivity index (χ4v) is 4.54. The van der Waals surface area contributed by atoms with E-state index in [2.05, 4.69) is 15.6 Å². The van der Waals surface area contributed by atoms with Gasteiger partial charge in [-0.3, -0.25) is 9.20 Å². The molecule has 2 aromatic carbocycles. The van der Waals surface area contributed by atoms with E-state index < -0.39 is 11.6 Å². The zero-order valence-electron chi connectivity index (χ0n) is 19.2. The highest BCUT2D eigenvalue weighted by Crippen LogP contribution is 2.32. The van der Waals surface area contributed by atoms with E-state index in [9.17, 15) is 13.6 Å². The van der Waals surface area contributed by atoms with Gasteiger partial charge in [-0.25, -0.2) is 13.8 Å². The third-order valence-corrected chi connectivity index (χ3v) is 6.48. The van der Waals surface area contributed by atoms with Gasteiger partial charge in [-0.1, -0.05) is 30.3 Å². The summed E-state index contributed by atoms with van der Waals surface area (Å²) < 4.78 is 30.5. The molecule has 0 atom stereocenters. The molecule has 2 heterocycles. The summed E-state index contributed by atoms with van der Waals surface area (Å²) in [7, 11) is 0. The van der Waals surface area contributed by atoms with Gasteiger partial charge in [-0.2, -0.15) is 0 Å². The number of hydrogen-bond donors (Lipinski definition) is 3. The van der Waals surface area contributed by atoms with Crippen LogP contribution in [0.5, 0.6) is 0 Å². The number of halogens is 2. The van der Waals surface area contributed by atoms with Crippen LogP contribution < -0.4 is 16.4 Å². The summed E-state index contributed by atoms with van der Waals surface area (Å²) in [6.07, 6.45) is 5.22. The first-order valence-corrected chi connectivity index (χ1v) is 11.8. The van der Waals surface area contributed by atoms with Gasteiger partial charge in [-0.15, -0.1) is 0 Å². The number of carbonyl (C=O) groups is 1. The zero-order chi connectivity index (χ0) is 24.4. The second kappa shape index (κ2) is 9.84.